The van der Waals surface area contributed by atoms with Crippen LogP contribution in [-0.2, 0) is 6.54 Å². The van der Waals surface area contributed by atoms with Crippen molar-refractivity contribution in [2.75, 3.05) is 7.05 Å². The van der Waals surface area contributed by atoms with Gasteiger partial charge in [0.1, 0.15) is 0 Å². The van der Waals surface area contributed by atoms with Crippen LogP contribution >= 0.6 is 12.2 Å². The molecule has 1 rings (SSSR count). The van der Waals surface area contributed by atoms with Crippen LogP contribution in [0.5, 0.6) is 0 Å². The van der Waals surface area contributed by atoms with Crippen molar-refractivity contribution in [1.29, 1.82) is 0 Å². The average Bonchev–Trinajstić information content (AvgIpc) is 2.18. The van der Waals surface area contributed by atoms with E-state index in [4.69, 9.17) is 12.2 Å². The second-order valence-corrected chi connectivity index (χ2v) is 3.85. The first-order chi connectivity index (χ1) is 7.02. The molecule has 0 aliphatic rings. The summed E-state index contributed by atoms with van der Waals surface area (Å²) >= 11 is 4.98. The van der Waals surface area contributed by atoms with Gasteiger partial charge in [-0.1, -0.05) is 30.4 Å². The molecule has 0 fully saturated rings. The van der Waals surface area contributed by atoms with E-state index in [-0.39, 0.29) is 10.6 Å². The minimum atomic E-state index is -0.373. The van der Waals surface area contributed by atoms with Crippen molar-refractivity contribution in [3.05, 3.63) is 39.9 Å². The monoisotopic (exact) mass is 224 g/mol. The van der Waals surface area contributed by atoms with E-state index in [1.807, 2.05) is 7.05 Å². The maximum atomic E-state index is 10.7. The number of rotatable bonds is 3. The fourth-order valence-electron chi connectivity index (χ4n) is 1.19. The van der Waals surface area contributed by atoms with Crippen molar-refractivity contribution in [3.8, 4) is 0 Å². The molecule has 0 heterocycles. The summed E-state index contributed by atoms with van der Waals surface area (Å²) in [5.41, 5.74) is 0.815. The summed E-state index contributed by atoms with van der Waals surface area (Å²) in [4.78, 5) is 12.9. The Morgan fingerprint density at radius 2 is 2.13 bits per heavy atom. The van der Waals surface area contributed by atoms with E-state index in [1.165, 1.54) is 6.07 Å². The molecule has 0 N–H and O–H groups in total. The number of thiocarbonyl (C=S) groups is 1. The Morgan fingerprint density at radius 3 is 2.67 bits per heavy atom. The molecule has 0 spiro atoms. The largest absolute Gasteiger partial charge is 0.365 e. The number of benzene rings is 1. The van der Waals surface area contributed by atoms with E-state index >= 15 is 0 Å². The zero-order chi connectivity index (χ0) is 11.4. The minimum absolute atomic E-state index is 0.139. The van der Waals surface area contributed by atoms with Crippen LogP contribution in [-0.4, -0.2) is 21.9 Å². The molecule has 1 aromatic rings. The van der Waals surface area contributed by atoms with Crippen LogP contribution in [0.2, 0.25) is 0 Å². The maximum absolute atomic E-state index is 10.7. The van der Waals surface area contributed by atoms with E-state index in [0.29, 0.717) is 17.1 Å². The third-order valence-electron chi connectivity index (χ3n) is 2.13. The molecular weight excluding hydrogens is 212 g/mol. The summed E-state index contributed by atoms with van der Waals surface area (Å²) in [6, 6.07) is 6.69. The molecule has 0 bridgehead atoms. The van der Waals surface area contributed by atoms with E-state index in [2.05, 4.69) is 0 Å². The van der Waals surface area contributed by atoms with Crippen molar-refractivity contribution in [2.45, 2.75) is 13.5 Å². The molecule has 0 atom stereocenters. The molecule has 0 saturated carbocycles. The van der Waals surface area contributed by atoms with Gasteiger partial charge < -0.3 is 4.90 Å². The van der Waals surface area contributed by atoms with Crippen LogP contribution in [0.25, 0.3) is 0 Å². The number of nitro groups is 1. The van der Waals surface area contributed by atoms with E-state index in [0.717, 1.165) is 0 Å². The predicted octanol–water partition coefficient (Wildman–Crippen LogP) is 2.37. The van der Waals surface area contributed by atoms with Gasteiger partial charge in [0.15, 0.2) is 0 Å². The second kappa shape index (κ2) is 4.84. The Morgan fingerprint density at radius 1 is 1.53 bits per heavy atom. The van der Waals surface area contributed by atoms with Gasteiger partial charge in [-0.15, -0.1) is 0 Å². The summed E-state index contributed by atoms with van der Waals surface area (Å²) in [5.74, 6) is 0. The smallest absolute Gasteiger partial charge is 0.274 e. The Bertz CT molecular complexity index is 393. The van der Waals surface area contributed by atoms with Crippen LogP contribution < -0.4 is 0 Å². The zero-order valence-electron chi connectivity index (χ0n) is 8.64. The Balaban J connectivity index is 2.94. The highest BCUT2D eigenvalue weighted by atomic mass is 32.1. The molecule has 0 unspecified atom stereocenters. The van der Waals surface area contributed by atoms with Gasteiger partial charge in [0.25, 0.3) is 5.69 Å². The topological polar surface area (TPSA) is 46.4 Å². The molecule has 0 saturated heterocycles. The minimum Gasteiger partial charge on any atom is -0.365 e. The Labute approximate surface area is 93.7 Å². The molecule has 0 aliphatic heterocycles. The highest BCUT2D eigenvalue weighted by Crippen LogP contribution is 2.18. The molecule has 1 aromatic carbocycles. The van der Waals surface area contributed by atoms with Crippen molar-refractivity contribution in [1.82, 2.24) is 4.90 Å². The quantitative estimate of drug-likeness (QED) is 0.449. The third-order valence-corrected chi connectivity index (χ3v) is 2.45. The van der Waals surface area contributed by atoms with Crippen LogP contribution in [0.15, 0.2) is 24.3 Å². The second-order valence-electron chi connectivity index (χ2n) is 3.26. The molecule has 0 radical (unpaired) electrons. The van der Waals surface area contributed by atoms with Gasteiger partial charge in [-0.2, -0.15) is 0 Å². The number of para-hydroxylation sites is 1. The van der Waals surface area contributed by atoms with Crippen LogP contribution in [0.1, 0.15) is 12.5 Å². The van der Waals surface area contributed by atoms with Crippen molar-refractivity contribution < 1.29 is 4.92 Å². The molecule has 0 amide bonds. The lowest BCUT2D eigenvalue weighted by Crippen LogP contribution is -2.22. The Hall–Kier alpha value is -1.49. The summed E-state index contributed by atoms with van der Waals surface area (Å²) < 4.78 is 0. The number of nitrogens with zero attached hydrogens (tertiary/aromatic N) is 2. The number of hydrogen-bond acceptors (Lipinski definition) is 3. The maximum Gasteiger partial charge on any atom is 0.274 e. The summed E-state index contributed by atoms with van der Waals surface area (Å²) in [5, 5.41) is 10.7. The molecule has 0 aliphatic carbocycles. The SMILES string of the molecule is CC(=S)N(C)Cc1ccccc1[N+](=O)[O-]. The normalized spacial score (nSPS) is 9.73. The molecule has 0 aromatic heterocycles. The van der Waals surface area contributed by atoms with Crippen molar-refractivity contribution in [2.24, 2.45) is 0 Å². The van der Waals surface area contributed by atoms with Crippen molar-refractivity contribution >= 4 is 22.9 Å². The molecule has 5 heteroatoms. The summed E-state index contributed by atoms with van der Waals surface area (Å²) in [7, 11) is 1.82. The number of hydrogen-bond donors (Lipinski definition) is 0. The first-order valence-corrected chi connectivity index (χ1v) is 4.87. The average molecular weight is 224 g/mol. The molecule has 80 valence electrons. The first kappa shape index (κ1) is 11.6. The van der Waals surface area contributed by atoms with Gasteiger partial charge in [0, 0.05) is 25.2 Å². The van der Waals surface area contributed by atoms with Gasteiger partial charge in [-0.3, -0.25) is 10.1 Å². The summed E-state index contributed by atoms with van der Waals surface area (Å²) in [6.07, 6.45) is 0. The lowest BCUT2D eigenvalue weighted by atomic mass is 10.1. The highest BCUT2D eigenvalue weighted by molar-refractivity contribution is 7.80. The third kappa shape index (κ3) is 2.99. The van der Waals surface area contributed by atoms with Crippen LogP contribution in [0, 0.1) is 10.1 Å². The van der Waals surface area contributed by atoms with Gasteiger partial charge >= 0.3 is 0 Å². The van der Waals surface area contributed by atoms with Gasteiger partial charge in [-0.05, 0) is 6.92 Å². The standard InChI is InChI=1S/C10H12N2O2S/c1-8(15)11(2)7-9-5-3-4-6-10(9)12(13)14/h3-6H,7H2,1-2H3. The van der Waals surface area contributed by atoms with E-state index in [1.54, 1.807) is 30.0 Å². The first-order valence-electron chi connectivity index (χ1n) is 4.46. The summed E-state index contributed by atoms with van der Waals surface area (Å²) in [6.45, 7) is 2.26. The van der Waals surface area contributed by atoms with E-state index < -0.39 is 0 Å². The highest BCUT2D eigenvalue weighted by Gasteiger charge is 2.13. The molecule has 4 nitrogen and oxygen atoms in total. The fourth-order valence-corrected chi connectivity index (χ4v) is 1.25. The van der Waals surface area contributed by atoms with Gasteiger partial charge in [0.05, 0.1) is 9.91 Å². The van der Waals surface area contributed by atoms with Gasteiger partial charge in [-0.25, -0.2) is 0 Å². The Kier molecular flexibility index (Phi) is 3.74. The fraction of sp³-hybridized carbons (Fsp3) is 0.300. The van der Waals surface area contributed by atoms with Gasteiger partial charge in [0.2, 0.25) is 0 Å². The lowest BCUT2D eigenvalue weighted by molar-refractivity contribution is -0.385. The number of nitro benzene ring substituents is 1. The van der Waals surface area contributed by atoms with Crippen LogP contribution in [0.4, 0.5) is 5.69 Å². The van der Waals surface area contributed by atoms with Crippen molar-refractivity contribution in [3.63, 3.8) is 0 Å². The molecule has 15 heavy (non-hydrogen) atoms. The lowest BCUT2D eigenvalue weighted by Gasteiger charge is -2.16. The zero-order valence-corrected chi connectivity index (χ0v) is 9.45. The predicted molar refractivity (Wildman–Crippen MR) is 62.8 cm³/mol. The van der Waals surface area contributed by atoms with E-state index in [9.17, 15) is 10.1 Å². The van der Waals surface area contributed by atoms with Crippen LogP contribution in [0.3, 0.4) is 0 Å². The molecular formula is C10H12N2O2S.